The molecular formula is C15H17F2N3O. The van der Waals surface area contributed by atoms with Crippen molar-refractivity contribution in [2.45, 2.75) is 19.4 Å². The number of benzene rings is 1. The second-order valence-corrected chi connectivity index (χ2v) is 4.51. The van der Waals surface area contributed by atoms with E-state index >= 15 is 0 Å². The molecule has 1 aromatic heterocycles. The first kappa shape index (κ1) is 15.3. The third-order valence-electron chi connectivity index (χ3n) is 3.12. The fraction of sp³-hybridized carbons (Fsp3) is 0.267. The molecule has 0 saturated carbocycles. The van der Waals surface area contributed by atoms with Crippen molar-refractivity contribution in [1.29, 1.82) is 0 Å². The zero-order valence-corrected chi connectivity index (χ0v) is 11.6. The molecule has 1 aromatic carbocycles. The quantitative estimate of drug-likeness (QED) is 0.634. The first-order valence-corrected chi connectivity index (χ1v) is 6.62. The number of nitrogens with zero attached hydrogens (tertiary/aromatic N) is 1. The summed E-state index contributed by atoms with van der Waals surface area (Å²) in [5.41, 5.74) is 3.25. The number of halogens is 2. The molecule has 0 bridgehead atoms. The Morgan fingerprint density at radius 1 is 1.29 bits per heavy atom. The lowest BCUT2D eigenvalue weighted by Gasteiger charge is -2.17. The van der Waals surface area contributed by atoms with Gasteiger partial charge >= 0.3 is 0 Å². The van der Waals surface area contributed by atoms with Crippen LogP contribution in [0.4, 0.5) is 8.78 Å². The minimum atomic E-state index is -0.593. The second-order valence-electron chi connectivity index (χ2n) is 4.51. The monoisotopic (exact) mass is 293 g/mol. The molecule has 6 heteroatoms. The molecular weight excluding hydrogens is 276 g/mol. The van der Waals surface area contributed by atoms with Gasteiger partial charge in [0.2, 0.25) is 0 Å². The van der Waals surface area contributed by atoms with Gasteiger partial charge < -0.3 is 4.74 Å². The van der Waals surface area contributed by atoms with E-state index in [2.05, 4.69) is 10.4 Å². The van der Waals surface area contributed by atoms with Gasteiger partial charge in [-0.2, -0.15) is 0 Å². The third-order valence-corrected chi connectivity index (χ3v) is 3.12. The van der Waals surface area contributed by atoms with Crippen LogP contribution in [0.25, 0.3) is 0 Å². The topological polar surface area (TPSA) is 60.2 Å². The molecule has 0 saturated heterocycles. The van der Waals surface area contributed by atoms with E-state index in [-0.39, 0.29) is 12.0 Å². The van der Waals surface area contributed by atoms with Crippen molar-refractivity contribution in [2.75, 3.05) is 6.61 Å². The Morgan fingerprint density at radius 3 is 2.62 bits per heavy atom. The standard InChI is InChI=1S/C15H17F2N3O/c1-2-21-11-6-10(8-19-9-11)15(20-18)7-12-13(16)4-3-5-14(12)17/h3-6,8-9,15,20H,2,7,18H2,1H3. The number of pyridine rings is 1. The molecule has 0 amide bonds. The summed E-state index contributed by atoms with van der Waals surface area (Å²) >= 11 is 0. The highest BCUT2D eigenvalue weighted by atomic mass is 19.1. The highest BCUT2D eigenvalue weighted by Crippen LogP contribution is 2.23. The Morgan fingerprint density at radius 2 is 2.00 bits per heavy atom. The van der Waals surface area contributed by atoms with E-state index in [1.54, 1.807) is 18.5 Å². The number of hydrogen-bond donors (Lipinski definition) is 2. The van der Waals surface area contributed by atoms with E-state index in [9.17, 15) is 8.78 Å². The molecule has 112 valence electrons. The lowest BCUT2D eigenvalue weighted by atomic mass is 10.00. The highest BCUT2D eigenvalue weighted by Gasteiger charge is 2.17. The van der Waals surface area contributed by atoms with Gasteiger partial charge in [-0.05, 0) is 37.1 Å². The Balaban J connectivity index is 2.26. The average molecular weight is 293 g/mol. The fourth-order valence-corrected chi connectivity index (χ4v) is 2.08. The van der Waals surface area contributed by atoms with Crippen LogP contribution < -0.4 is 16.0 Å². The zero-order valence-electron chi connectivity index (χ0n) is 11.6. The normalized spacial score (nSPS) is 12.2. The number of rotatable bonds is 6. The van der Waals surface area contributed by atoms with Gasteiger partial charge in [0.05, 0.1) is 18.8 Å². The molecule has 4 nitrogen and oxygen atoms in total. The molecule has 0 aliphatic carbocycles. The van der Waals surface area contributed by atoms with Crippen molar-refractivity contribution in [1.82, 2.24) is 10.4 Å². The average Bonchev–Trinajstić information content (AvgIpc) is 2.48. The van der Waals surface area contributed by atoms with Gasteiger partial charge in [-0.3, -0.25) is 16.3 Å². The van der Waals surface area contributed by atoms with Crippen LogP contribution in [0.15, 0.2) is 36.7 Å². The number of hydrogen-bond acceptors (Lipinski definition) is 4. The van der Waals surface area contributed by atoms with Crippen LogP contribution >= 0.6 is 0 Å². The summed E-state index contributed by atoms with van der Waals surface area (Å²) in [6.45, 7) is 2.37. The third kappa shape index (κ3) is 3.74. The summed E-state index contributed by atoms with van der Waals surface area (Å²) in [5, 5.41) is 0. The Bertz CT molecular complexity index is 587. The lowest BCUT2D eigenvalue weighted by molar-refractivity contribution is 0.337. The van der Waals surface area contributed by atoms with Crippen LogP contribution in [0.5, 0.6) is 5.75 Å². The Hall–Kier alpha value is -2.05. The lowest BCUT2D eigenvalue weighted by Crippen LogP contribution is -2.30. The largest absolute Gasteiger partial charge is 0.492 e. The van der Waals surface area contributed by atoms with Crippen molar-refractivity contribution < 1.29 is 13.5 Å². The molecule has 1 unspecified atom stereocenters. The number of nitrogens with two attached hydrogens (primary N) is 1. The molecule has 0 aliphatic heterocycles. The van der Waals surface area contributed by atoms with Gasteiger partial charge in [-0.1, -0.05) is 6.07 Å². The minimum Gasteiger partial charge on any atom is -0.492 e. The smallest absolute Gasteiger partial charge is 0.137 e. The molecule has 3 N–H and O–H groups in total. The summed E-state index contributed by atoms with van der Waals surface area (Å²) in [4.78, 5) is 4.05. The second kappa shape index (κ2) is 7.10. The minimum absolute atomic E-state index is 0.0118. The van der Waals surface area contributed by atoms with Crippen LogP contribution in [0.1, 0.15) is 24.1 Å². The van der Waals surface area contributed by atoms with Crippen molar-refractivity contribution in [3.05, 3.63) is 59.4 Å². The first-order valence-electron chi connectivity index (χ1n) is 6.62. The number of aromatic nitrogens is 1. The molecule has 0 spiro atoms. The zero-order chi connectivity index (χ0) is 15.2. The fourth-order valence-electron chi connectivity index (χ4n) is 2.08. The maximum atomic E-state index is 13.7. The molecule has 1 atom stereocenters. The summed E-state index contributed by atoms with van der Waals surface area (Å²) in [6, 6.07) is 5.06. The molecule has 2 aromatic rings. The van der Waals surface area contributed by atoms with Crippen LogP contribution in [-0.4, -0.2) is 11.6 Å². The summed E-state index contributed by atoms with van der Waals surface area (Å²) in [7, 11) is 0. The van der Waals surface area contributed by atoms with Crippen molar-refractivity contribution in [2.24, 2.45) is 5.84 Å². The number of hydrazine groups is 1. The van der Waals surface area contributed by atoms with Crippen molar-refractivity contribution in [3.63, 3.8) is 0 Å². The van der Waals surface area contributed by atoms with E-state index < -0.39 is 17.7 Å². The van der Waals surface area contributed by atoms with Crippen LogP contribution in [0.2, 0.25) is 0 Å². The SMILES string of the molecule is CCOc1cncc(C(Cc2c(F)cccc2F)NN)c1. The molecule has 1 heterocycles. The molecule has 0 aliphatic rings. The van der Waals surface area contributed by atoms with E-state index in [1.807, 2.05) is 6.92 Å². The van der Waals surface area contributed by atoms with Gasteiger partial charge in [0, 0.05) is 11.8 Å². The van der Waals surface area contributed by atoms with Gasteiger partial charge in [0.1, 0.15) is 17.4 Å². The summed E-state index contributed by atoms with van der Waals surface area (Å²) in [5.74, 6) is 4.91. The van der Waals surface area contributed by atoms with Gasteiger partial charge in [0.25, 0.3) is 0 Å². The van der Waals surface area contributed by atoms with E-state index in [4.69, 9.17) is 10.6 Å². The van der Waals surface area contributed by atoms with Crippen molar-refractivity contribution in [3.8, 4) is 5.75 Å². The first-order chi connectivity index (χ1) is 10.2. The maximum Gasteiger partial charge on any atom is 0.137 e. The maximum absolute atomic E-state index is 13.7. The summed E-state index contributed by atoms with van der Waals surface area (Å²) in [6.07, 6.45) is 3.24. The van der Waals surface area contributed by atoms with Crippen LogP contribution in [-0.2, 0) is 6.42 Å². The van der Waals surface area contributed by atoms with Gasteiger partial charge in [0.15, 0.2) is 0 Å². The number of ether oxygens (including phenoxy) is 1. The molecule has 0 fully saturated rings. The van der Waals surface area contributed by atoms with Gasteiger partial charge in [-0.15, -0.1) is 0 Å². The Kier molecular flexibility index (Phi) is 5.19. The predicted octanol–water partition coefficient (Wildman–Crippen LogP) is 2.51. The molecule has 2 rings (SSSR count). The van der Waals surface area contributed by atoms with Crippen LogP contribution in [0, 0.1) is 11.6 Å². The van der Waals surface area contributed by atoms with Crippen LogP contribution in [0.3, 0.4) is 0 Å². The van der Waals surface area contributed by atoms with Gasteiger partial charge in [-0.25, -0.2) is 8.78 Å². The predicted molar refractivity (Wildman–Crippen MR) is 75.5 cm³/mol. The molecule has 0 radical (unpaired) electrons. The molecule has 21 heavy (non-hydrogen) atoms. The van der Waals surface area contributed by atoms with E-state index in [0.29, 0.717) is 17.9 Å². The Labute approximate surface area is 121 Å². The van der Waals surface area contributed by atoms with Crippen molar-refractivity contribution >= 4 is 0 Å². The van der Waals surface area contributed by atoms with E-state index in [1.165, 1.54) is 18.2 Å². The number of nitrogens with one attached hydrogen (secondary N) is 1. The van der Waals surface area contributed by atoms with E-state index in [0.717, 1.165) is 0 Å². The highest BCUT2D eigenvalue weighted by molar-refractivity contribution is 5.29. The summed E-state index contributed by atoms with van der Waals surface area (Å²) < 4.78 is 32.8.